The zero-order valence-corrected chi connectivity index (χ0v) is 14.0. The summed E-state index contributed by atoms with van der Waals surface area (Å²) in [5, 5.41) is 6.43. The van der Waals surface area contributed by atoms with Gasteiger partial charge in [0.1, 0.15) is 0 Å². The lowest BCUT2D eigenvalue weighted by Crippen LogP contribution is -2.37. The van der Waals surface area contributed by atoms with Gasteiger partial charge in [0.25, 0.3) is 0 Å². The summed E-state index contributed by atoms with van der Waals surface area (Å²) in [5.74, 6) is 0.0371. The van der Waals surface area contributed by atoms with Crippen molar-refractivity contribution >= 4 is 5.91 Å². The number of carbonyl (C=O) groups is 1. The second kappa shape index (κ2) is 9.11. The van der Waals surface area contributed by atoms with E-state index in [1.807, 2.05) is 36.4 Å². The van der Waals surface area contributed by atoms with Gasteiger partial charge in [-0.3, -0.25) is 4.79 Å². The molecular formula is C20H26N2O. The van der Waals surface area contributed by atoms with Crippen molar-refractivity contribution in [2.75, 3.05) is 6.54 Å². The van der Waals surface area contributed by atoms with Crippen LogP contribution in [0.3, 0.4) is 0 Å². The molecule has 2 N–H and O–H groups in total. The lowest BCUT2D eigenvalue weighted by molar-refractivity contribution is -0.121. The third kappa shape index (κ3) is 5.53. The predicted molar refractivity (Wildman–Crippen MR) is 95.1 cm³/mol. The largest absolute Gasteiger partial charge is 0.348 e. The maximum Gasteiger partial charge on any atom is 0.234 e. The van der Waals surface area contributed by atoms with Gasteiger partial charge in [0.05, 0.1) is 12.6 Å². The highest BCUT2D eigenvalue weighted by atomic mass is 16.1. The second-order valence-electron chi connectivity index (χ2n) is 5.83. The molecule has 0 aliphatic rings. The van der Waals surface area contributed by atoms with Crippen molar-refractivity contribution in [3.8, 4) is 0 Å². The number of rotatable bonds is 8. The van der Waals surface area contributed by atoms with Gasteiger partial charge in [0.2, 0.25) is 5.91 Å². The average molecular weight is 310 g/mol. The van der Waals surface area contributed by atoms with Gasteiger partial charge >= 0.3 is 0 Å². The minimum Gasteiger partial charge on any atom is -0.348 e. The second-order valence-corrected chi connectivity index (χ2v) is 5.83. The fourth-order valence-corrected chi connectivity index (χ4v) is 2.65. The number of carbonyl (C=O) groups excluding carboxylic acids is 1. The minimum absolute atomic E-state index is 0.0371. The molecule has 1 amide bonds. The summed E-state index contributed by atoms with van der Waals surface area (Å²) in [7, 11) is 0. The Morgan fingerprint density at radius 2 is 1.52 bits per heavy atom. The van der Waals surface area contributed by atoms with Crippen LogP contribution >= 0.6 is 0 Å². The SMILES string of the molecule is CCCC(NC(=O)CNC(C)c1ccccc1)c1ccccc1. The van der Waals surface area contributed by atoms with Crippen LogP contribution in [0, 0.1) is 0 Å². The smallest absolute Gasteiger partial charge is 0.234 e. The van der Waals surface area contributed by atoms with Crippen molar-refractivity contribution in [2.24, 2.45) is 0 Å². The molecule has 0 bridgehead atoms. The van der Waals surface area contributed by atoms with Crippen molar-refractivity contribution in [3.63, 3.8) is 0 Å². The van der Waals surface area contributed by atoms with Crippen LogP contribution in [0.1, 0.15) is 49.9 Å². The first-order chi connectivity index (χ1) is 11.2. The maximum absolute atomic E-state index is 12.3. The van der Waals surface area contributed by atoms with Gasteiger partial charge < -0.3 is 10.6 Å². The molecule has 2 rings (SSSR count). The zero-order valence-electron chi connectivity index (χ0n) is 14.0. The van der Waals surface area contributed by atoms with Crippen LogP contribution < -0.4 is 10.6 Å². The highest BCUT2D eigenvalue weighted by molar-refractivity contribution is 5.78. The van der Waals surface area contributed by atoms with E-state index in [9.17, 15) is 4.79 Å². The molecule has 0 spiro atoms. The van der Waals surface area contributed by atoms with Crippen molar-refractivity contribution in [3.05, 3.63) is 71.8 Å². The van der Waals surface area contributed by atoms with Crippen LogP contribution in [0.5, 0.6) is 0 Å². The number of amides is 1. The highest BCUT2D eigenvalue weighted by Crippen LogP contribution is 2.18. The molecule has 0 aromatic heterocycles. The summed E-state index contributed by atoms with van der Waals surface area (Å²) >= 11 is 0. The Morgan fingerprint density at radius 3 is 2.09 bits per heavy atom. The molecule has 3 nitrogen and oxygen atoms in total. The van der Waals surface area contributed by atoms with Gasteiger partial charge in [-0.15, -0.1) is 0 Å². The molecule has 2 unspecified atom stereocenters. The molecule has 2 aromatic rings. The van der Waals surface area contributed by atoms with Crippen molar-refractivity contribution in [1.29, 1.82) is 0 Å². The lowest BCUT2D eigenvalue weighted by Gasteiger charge is -2.20. The van der Waals surface area contributed by atoms with Crippen molar-refractivity contribution in [2.45, 2.75) is 38.8 Å². The van der Waals surface area contributed by atoms with Gasteiger partial charge in [-0.25, -0.2) is 0 Å². The standard InChI is InChI=1S/C20H26N2O/c1-3-10-19(18-13-8-5-9-14-18)22-20(23)15-21-16(2)17-11-6-4-7-12-17/h4-9,11-14,16,19,21H,3,10,15H2,1-2H3,(H,22,23). The van der Waals surface area contributed by atoms with E-state index in [1.54, 1.807) is 0 Å². The fourth-order valence-electron chi connectivity index (χ4n) is 2.65. The minimum atomic E-state index is 0.0371. The Hall–Kier alpha value is -2.13. The van der Waals surface area contributed by atoms with E-state index < -0.39 is 0 Å². The van der Waals surface area contributed by atoms with Gasteiger partial charge in [-0.2, -0.15) is 0 Å². The molecule has 0 aliphatic heterocycles. The zero-order chi connectivity index (χ0) is 16.5. The molecule has 0 radical (unpaired) electrons. The monoisotopic (exact) mass is 310 g/mol. The van der Waals surface area contributed by atoms with E-state index in [-0.39, 0.29) is 18.0 Å². The summed E-state index contributed by atoms with van der Waals surface area (Å²) in [4.78, 5) is 12.3. The molecule has 0 saturated carbocycles. The molecule has 3 heteroatoms. The summed E-state index contributed by atoms with van der Waals surface area (Å²) in [5.41, 5.74) is 2.35. The normalized spacial score (nSPS) is 13.3. The first-order valence-electron chi connectivity index (χ1n) is 8.33. The van der Waals surface area contributed by atoms with Gasteiger partial charge in [0.15, 0.2) is 0 Å². The van der Waals surface area contributed by atoms with E-state index in [0.717, 1.165) is 12.8 Å². The van der Waals surface area contributed by atoms with E-state index in [2.05, 4.69) is 48.7 Å². The Labute approximate surface area is 139 Å². The van der Waals surface area contributed by atoms with Crippen LogP contribution in [0.4, 0.5) is 0 Å². The van der Waals surface area contributed by atoms with E-state index in [1.165, 1.54) is 11.1 Å². The quantitative estimate of drug-likeness (QED) is 0.774. The van der Waals surface area contributed by atoms with Crippen LogP contribution in [-0.2, 0) is 4.79 Å². The first-order valence-corrected chi connectivity index (χ1v) is 8.33. The van der Waals surface area contributed by atoms with Gasteiger partial charge in [-0.1, -0.05) is 74.0 Å². The van der Waals surface area contributed by atoms with Crippen molar-refractivity contribution < 1.29 is 4.79 Å². The molecule has 2 aromatic carbocycles. The highest BCUT2D eigenvalue weighted by Gasteiger charge is 2.14. The topological polar surface area (TPSA) is 41.1 Å². The average Bonchev–Trinajstić information content (AvgIpc) is 2.61. The third-order valence-corrected chi connectivity index (χ3v) is 3.98. The number of hydrogen-bond acceptors (Lipinski definition) is 2. The summed E-state index contributed by atoms with van der Waals surface area (Å²) in [6, 6.07) is 20.6. The summed E-state index contributed by atoms with van der Waals surface area (Å²) in [6.07, 6.45) is 1.98. The van der Waals surface area contributed by atoms with Gasteiger partial charge in [-0.05, 0) is 24.5 Å². The predicted octanol–water partition coefficient (Wildman–Crippen LogP) is 3.99. The Morgan fingerprint density at radius 1 is 0.957 bits per heavy atom. The van der Waals surface area contributed by atoms with E-state index >= 15 is 0 Å². The van der Waals surface area contributed by atoms with Crippen LogP contribution in [-0.4, -0.2) is 12.5 Å². The number of hydrogen-bond donors (Lipinski definition) is 2. The summed E-state index contributed by atoms with van der Waals surface area (Å²) in [6.45, 7) is 4.53. The van der Waals surface area contributed by atoms with E-state index in [4.69, 9.17) is 0 Å². The summed E-state index contributed by atoms with van der Waals surface area (Å²) < 4.78 is 0. The Bertz CT molecular complexity index is 583. The third-order valence-electron chi connectivity index (χ3n) is 3.98. The Kier molecular flexibility index (Phi) is 6.82. The first kappa shape index (κ1) is 17.2. The number of benzene rings is 2. The lowest BCUT2D eigenvalue weighted by atomic mass is 10.0. The molecule has 0 fully saturated rings. The van der Waals surface area contributed by atoms with Gasteiger partial charge in [0, 0.05) is 6.04 Å². The van der Waals surface area contributed by atoms with E-state index in [0.29, 0.717) is 6.54 Å². The molecule has 0 saturated heterocycles. The molecule has 122 valence electrons. The number of nitrogens with one attached hydrogen (secondary N) is 2. The molecule has 2 atom stereocenters. The van der Waals surface area contributed by atoms with Crippen molar-refractivity contribution in [1.82, 2.24) is 10.6 Å². The van der Waals surface area contributed by atoms with Crippen LogP contribution in [0.2, 0.25) is 0 Å². The molecule has 0 aliphatic carbocycles. The molecule has 0 heterocycles. The molecular weight excluding hydrogens is 284 g/mol. The van der Waals surface area contributed by atoms with Crippen LogP contribution in [0.25, 0.3) is 0 Å². The fraction of sp³-hybridized carbons (Fsp3) is 0.350. The van der Waals surface area contributed by atoms with Crippen LogP contribution in [0.15, 0.2) is 60.7 Å². The molecule has 23 heavy (non-hydrogen) atoms. The Balaban J connectivity index is 1.87. The maximum atomic E-state index is 12.3.